The zero-order valence-corrected chi connectivity index (χ0v) is 10.5. The third kappa shape index (κ3) is 2.38. The maximum absolute atomic E-state index is 10.7. The summed E-state index contributed by atoms with van der Waals surface area (Å²) in [5, 5.41) is 10.7. The molecule has 0 aromatic rings. The summed E-state index contributed by atoms with van der Waals surface area (Å²) >= 11 is 0. The first-order chi connectivity index (χ1) is 7.41. The predicted molar refractivity (Wildman–Crippen MR) is 67.0 cm³/mol. The molecule has 0 aromatic heterocycles. The van der Waals surface area contributed by atoms with Crippen molar-refractivity contribution in [2.24, 2.45) is 5.92 Å². The van der Waals surface area contributed by atoms with E-state index in [9.17, 15) is 5.11 Å². The Labute approximate surface area is 98.3 Å². The molecule has 2 heteroatoms. The van der Waals surface area contributed by atoms with Gasteiger partial charge < -0.3 is 9.84 Å². The molecule has 0 saturated heterocycles. The van der Waals surface area contributed by atoms with Gasteiger partial charge in [0, 0.05) is 5.92 Å². The lowest BCUT2D eigenvalue weighted by atomic mass is 9.73. The molecule has 0 aromatic carbocycles. The van der Waals surface area contributed by atoms with Crippen LogP contribution >= 0.6 is 0 Å². The molecule has 0 unspecified atom stereocenters. The van der Waals surface area contributed by atoms with Gasteiger partial charge in [0.25, 0.3) is 0 Å². The van der Waals surface area contributed by atoms with Crippen molar-refractivity contribution in [3.63, 3.8) is 0 Å². The molecule has 16 heavy (non-hydrogen) atoms. The van der Waals surface area contributed by atoms with E-state index in [2.05, 4.69) is 13.2 Å². The van der Waals surface area contributed by atoms with E-state index in [0.29, 0.717) is 12.4 Å². The van der Waals surface area contributed by atoms with Crippen LogP contribution in [-0.2, 0) is 4.74 Å². The van der Waals surface area contributed by atoms with E-state index in [1.165, 1.54) is 5.57 Å². The third-order valence-electron chi connectivity index (χ3n) is 3.19. The van der Waals surface area contributed by atoms with Crippen molar-refractivity contribution in [3.05, 3.63) is 36.1 Å². The minimum atomic E-state index is -1.08. The van der Waals surface area contributed by atoms with Crippen LogP contribution in [0.2, 0.25) is 0 Å². The summed E-state index contributed by atoms with van der Waals surface area (Å²) in [5.74, 6) is 0.442. The van der Waals surface area contributed by atoms with Crippen LogP contribution in [-0.4, -0.2) is 17.3 Å². The highest BCUT2D eigenvalue weighted by Crippen LogP contribution is 2.40. The van der Waals surface area contributed by atoms with E-state index in [1.807, 2.05) is 26.8 Å². The van der Waals surface area contributed by atoms with E-state index < -0.39 is 5.60 Å². The predicted octanol–water partition coefficient (Wildman–Crippen LogP) is 3.20. The topological polar surface area (TPSA) is 29.5 Å². The molecule has 1 aliphatic rings. The fraction of sp³-hybridized carbons (Fsp3) is 0.571. The highest BCUT2D eigenvalue weighted by molar-refractivity contribution is 5.30. The summed E-state index contributed by atoms with van der Waals surface area (Å²) in [6.07, 6.45) is 3.77. The van der Waals surface area contributed by atoms with E-state index >= 15 is 0 Å². The van der Waals surface area contributed by atoms with Crippen molar-refractivity contribution in [1.29, 1.82) is 0 Å². The summed E-state index contributed by atoms with van der Waals surface area (Å²) in [5.41, 5.74) is 1.08. The van der Waals surface area contributed by atoms with Gasteiger partial charge in [-0.25, -0.2) is 0 Å². The van der Waals surface area contributed by atoms with Gasteiger partial charge in [0.1, 0.15) is 11.4 Å². The van der Waals surface area contributed by atoms with Gasteiger partial charge in [-0.05, 0) is 39.7 Å². The Bertz CT molecular complexity index is 328. The summed E-state index contributed by atoms with van der Waals surface area (Å²) in [7, 11) is 0. The number of hydrogen-bond donors (Lipinski definition) is 1. The number of hydrogen-bond acceptors (Lipinski definition) is 2. The van der Waals surface area contributed by atoms with Crippen LogP contribution in [0, 0.1) is 5.92 Å². The lowest BCUT2D eigenvalue weighted by Crippen LogP contribution is -2.41. The average molecular weight is 222 g/mol. The third-order valence-corrected chi connectivity index (χ3v) is 3.19. The molecular formula is C14H22O2. The fourth-order valence-electron chi connectivity index (χ4n) is 2.33. The second-order valence-corrected chi connectivity index (χ2v) is 4.61. The molecule has 0 aliphatic heterocycles. The van der Waals surface area contributed by atoms with Crippen molar-refractivity contribution in [3.8, 4) is 0 Å². The van der Waals surface area contributed by atoms with Crippen molar-refractivity contribution in [2.75, 3.05) is 6.61 Å². The molecular weight excluding hydrogens is 200 g/mol. The molecule has 0 amide bonds. The first kappa shape index (κ1) is 13.0. The Morgan fingerprint density at radius 3 is 2.75 bits per heavy atom. The Balaban J connectivity index is 3.05. The Hall–Kier alpha value is -1.02. The molecule has 0 fully saturated rings. The van der Waals surface area contributed by atoms with Crippen molar-refractivity contribution < 1.29 is 9.84 Å². The van der Waals surface area contributed by atoms with E-state index in [-0.39, 0.29) is 5.92 Å². The monoisotopic (exact) mass is 222 g/mol. The largest absolute Gasteiger partial charge is 0.495 e. The summed E-state index contributed by atoms with van der Waals surface area (Å²) in [4.78, 5) is 0. The molecule has 90 valence electrons. The van der Waals surface area contributed by atoms with Gasteiger partial charge in [-0.3, -0.25) is 0 Å². The van der Waals surface area contributed by atoms with Crippen LogP contribution in [0.15, 0.2) is 36.1 Å². The minimum Gasteiger partial charge on any atom is -0.495 e. The van der Waals surface area contributed by atoms with Gasteiger partial charge in [0.05, 0.1) is 6.61 Å². The van der Waals surface area contributed by atoms with Crippen LogP contribution in [0.25, 0.3) is 0 Å². The molecule has 1 aliphatic carbocycles. The second-order valence-electron chi connectivity index (χ2n) is 4.61. The van der Waals surface area contributed by atoms with Gasteiger partial charge in [0.2, 0.25) is 0 Å². The van der Waals surface area contributed by atoms with Crippen LogP contribution in [0.3, 0.4) is 0 Å². The zero-order valence-electron chi connectivity index (χ0n) is 10.5. The highest BCUT2D eigenvalue weighted by atomic mass is 16.5. The van der Waals surface area contributed by atoms with E-state index in [1.54, 1.807) is 0 Å². The number of aliphatic hydroxyl groups is 1. The molecule has 2 nitrogen and oxygen atoms in total. The Morgan fingerprint density at radius 2 is 2.25 bits per heavy atom. The smallest absolute Gasteiger partial charge is 0.146 e. The van der Waals surface area contributed by atoms with Crippen molar-refractivity contribution in [1.82, 2.24) is 0 Å². The summed E-state index contributed by atoms with van der Waals surface area (Å²) in [6.45, 7) is 14.2. The first-order valence-electron chi connectivity index (χ1n) is 5.80. The zero-order chi connectivity index (χ0) is 12.3. The van der Waals surface area contributed by atoms with Crippen LogP contribution in [0.5, 0.6) is 0 Å². The maximum Gasteiger partial charge on any atom is 0.146 e. The first-order valence-corrected chi connectivity index (χ1v) is 5.80. The maximum atomic E-state index is 10.7. The molecule has 0 heterocycles. The van der Waals surface area contributed by atoms with Gasteiger partial charge in [-0.15, -0.1) is 0 Å². The van der Waals surface area contributed by atoms with Gasteiger partial charge >= 0.3 is 0 Å². The van der Waals surface area contributed by atoms with Crippen LogP contribution in [0.4, 0.5) is 0 Å². The molecule has 2 atom stereocenters. The lowest BCUT2D eigenvalue weighted by molar-refractivity contribution is 0.00919. The van der Waals surface area contributed by atoms with Crippen LogP contribution < -0.4 is 0 Å². The number of rotatable bonds is 4. The number of ether oxygens (including phenoxy) is 1. The fourth-order valence-corrected chi connectivity index (χ4v) is 2.33. The van der Waals surface area contributed by atoms with Gasteiger partial charge in [0.15, 0.2) is 0 Å². The SMILES string of the molecule is C=C(C)[C@@H]1CCC(C)=C[C@@]1(O)C(=C)OCC. The lowest BCUT2D eigenvalue weighted by Gasteiger charge is -2.39. The molecule has 0 bridgehead atoms. The summed E-state index contributed by atoms with van der Waals surface area (Å²) in [6, 6.07) is 0. The second kappa shape index (κ2) is 4.88. The quantitative estimate of drug-likeness (QED) is 0.584. The van der Waals surface area contributed by atoms with Crippen molar-refractivity contribution >= 4 is 0 Å². The van der Waals surface area contributed by atoms with Crippen LogP contribution in [0.1, 0.15) is 33.6 Å². The Kier molecular flexibility index (Phi) is 3.98. The standard InChI is InChI=1S/C14H22O2/c1-6-16-12(5)14(15)9-11(4)7-8-13(14)10(2)3/h9,13,15H,2,5-8H2,1,3-4H3/t13-,14+/m0/s1. The van der Waals surface area contributed by atoms with E-state index in [4.69, 9.17) is 4.74 Å². The van der Waals surface area contributed by atoms with Gasteiger partial charge in [-0.2, -0.15) is 0 Å². The molecule has 0 saturated carbocycles. The van der Waals surface area contributed by atoms with E-state index in [0.717, 1.165) is 18.4 Å². The van der Waals surface area contributed by atoms with Crippen molar-refractivity contribution in [2.45, 2.75) is 39.2 Å². The molecule has 0 spiro atoms. The molecule has 0 radical (unpaired) electrons. The highest BCUT2D eigenvalue weighted by Gasteiger charge is 2.41. The molecule has 1 N–H and O–H groups in total. The molecule has 1 rings (SSSR count). The average Bonchev–Trinajstić information content (AvgIpc) is 2.17. The Morgan fingerprint density at radius 1 is 1.62 bits per heavy atom. The normalized spacial score (nSPS) is 29.5. The number of allylic oxidation sites excluding steroid dienone is 1. The van der Waals surface area contributed by atoms with Gasteiger partial charge in [-0.1, -0.05) is 24.3 Å². The summed E-state index contributed by atoms with van der Waals surface area (Å²) < 4.78 is 5.38. The minimum absolute atomic E-state index is 0.00949.